The zero-order valence-electron chi connectivity index (χ0n) is 8.24. The molecule has 14 heavy (non-hydrogen) atoms. The largest absolute Gasteiger partial charge is 0.478 e. The number of aromatic carboxylic acids is 1. The third kappa shape index (κ3) is 1.64. The SMILES string of the molecule is CC(C)c1ccc(N)c(N)c1C(=O)O. The van der Waals surface area contributed by atoms with Crippen molar-refractivity contribution in [1.29, 1.82) is 0 Å². The van der Waals surface area contributed by atoms with E-state index in [0.29, 0.717) is 11.3 Å². The fourth-order valence-corrected chi connectivity index (χ4v) is 1.37. The lowest BCUT2D eigenvalue weighted by molar-refractivity contribution is 0.0696. The first-order valence-corrected chi connectivity index (χ1v) is 4.36. The van der Waals surface area contributed by atoms with E-state index in [4.69, 9.17) is 16.6 Å². The molecule has 1 rings (SSSR count). The highest BCUT2D eigenvalue weighted by Crippen LogP contribution is 2.28. The van der Waals surface area contributed by atoms with E-state index in [-0.39, 0.29) is 17.2 Å². The first-order chi connectivity index (χ1) is 6.45. The highest BCUT2D eigenvalue weighted by atomic mass is 16.4. The number of carboxylic acids is 1. The molecule has 0 aliphatic rings. The van der Waals surface area contributed by atoms with Gasteiger partial charge in [-0.05, 0) is 17.5 Å². The van der Waals surface area contributed by atoms with Gasteiger partial charge in [0.05, 0.1) is 16.9 Å². The van der Waals surface area contributed by atoms with E-state index in [1.54, 1.807) is 12.1 Å². The second-order valence-electron chi connectivity index (χ2n) is 3.49. The predicted molar refractivity (Wildman–Crippen MR) is 56.3 cm³/mol. The molecular formula is C10H14N2O2. The van der Waals surface area contributed by atoms with Crippen LogP contribution < -0.4 is 11.5 Å². The Kier molecular flexibility index (Phi) is 2.65. The average Bonchev–Trinajstić information content (AvgIpc) is 2.08. The van der Waals surface area contributed by atoms with Crippen molar-refractivity contribution in [3.8, 4) is 0 Å². The maximum absolute atomic E-state index is 11.0. The van der Waals surface area contributed by atoms with Crippen LogP contribution in [0, 0.1) is 0 Å². The number of carbonyl (C=O) groups is 1. The summed E-state index contributed by atoms with van der Waals surface area (Å²) in [5.41, 5.74) is 12.5. The molecule has 4 nitrogen and oxygen atoms in total. The first-order valence-electron chi connectivity index (χ1n) is 4.36. The molecule has 0 radical (unpaired) electrons. The summed E-state index contributed by atoms with van der Waals surface area (Å²) in [4.78, 5) is 11.0. The zero-order valence-corrected chi connectivity index (χ0v) is 8.24. The zero-order chi connectivity index (χ0) is 10.9. The highest BCUT2D eigenvalue weighted by Gasteiger charge is 2.17. The summed E-state index contributed by atoms with van der Waals surface area (Å²) >= 11 is 0. The maximum Gasteiger partial charge on any atom is 0.338 e. The molecule has 0 spiro atoms. The summed E-state index contributed by atoms with van der Waals surface area (Å²) in [6.45, 7) is 3.83. The van der Waals surface area contributed by atoms with E-state index in [1.165, 1.54) is 0 Å². The van der Waals surface area contributed by atoms with Gasteiger partial charge in [-0.2, -0.15) is 0 Å². The Balaban J connectivity index is 3.45. The van der Waals surface area contributed by atoms with Crippen LogP contribution in [0.1, 0.15) is 35.7 Å². The number of carboxylic acid groups (broad SMARTS) is 1. The van der Waals surface area contributed by atoms with Crippen molar-refractivity contribution >= 4 is 17.3 Å². The van der Waals surface area contributed by atoms with Crippen molar-refractivity contribution in [2.24, 2.45) is 0 Å². The van der Waals surface area contributed by atoms with Crippen LogP contribution in [0.15, 0.2) is 12.1 Å². The molecule has 0 aromatic heterocycles. The van der Waals surface area contributed by atoms with Gasteiger partial charge in [-0.25, -0.2) is 4.79 Å². The van der Waals surface area contributed by atoms with Crippen molar-refractivity contribution < 1.29 is 9.90 Å². The molecule has 0 atom stereocenters. The van der Waals surface area contributed by atoms with Gasteiger partial charge < -0.3 is 16.6 Å². The maximum atomic E-state index is 11.0. The van der Waals surface area contributed by atoms with Crippen LogP contribution in [0.5, 0.6) is 0 Å². The van der Waals surface area contributed by atoms with Crippen LogP contribution in [0.4, 0.5) is 11.4 Å². The quantitative estimate of drug-likeness (QED) is 0.625. The van der Waals surface area contributed by atoms with Crippen LogP contribution in [-0.2, 0) is 0 Å². The lowest BCUT2D eigenvalue weighted by Crippen LogP contribution is -2.10. The molecule has 0 saturated heterocycles. The minimum absolute atomic E-state index is 0.115. The summed E-state index contributed by atoms with van der Waals surface area (Å²) < 4.78 is 0. The number of nitrogens with two attached hydrogens (primary N) is 2. The van der Waals surface area contributed by atoms with Crippen molar-refractivity contribution in [2.45, 2.75) is 19.8 Å². The van der Waals surface area contributed by atoms with Crippen LogP contribution in [0.3, 0.4) is 0 Å². The molecule has 0 unspecified atom stereocenters. The minimum Gasteiger partial charge on any atom is -0.478 e. The number of hydrogen-bond donors (Lipinski definition) is 3. The fourth-order valence-electron chi connectivity index (χ4n) is 1.37. The summed E-state index contributed by atoms with van der Waals surface area (Å²) in [7, 11) is 0. The smallest absolute Gasteiger partial charge is 0.338 e. The third-order valence-electron chi connectivity index (χ3n) is 2.15. The standard InChI is InChI=1S/C10H14N2O2/c1-5(2)6-3-4-7(11)9(12)8(6)10(13)14/h3-5H,11-12H2,1-2H3,(H,13,14). The Labute approximate surface area is 82.5 Å². The lowest BCUT2D eigenvalue weighted by Gasteiger charge is -2.13. The molecule has 1 aromatic rings. The van der Waals surface area contributed by atoms with Crippen molar-refractivity contribution in [3.63, 3.8) is 0 Å². The van der Waals surface area contributed by atoms with Crippen LogP contribution in [0.2, 0.25) is 0 Å². The molecule has 0 fully saturated rings. The van der Waals surface area contributed by atoms with E-state index in [0.717, 1.165) is 0 Å². The molecule has 4 heteroatoms. The Morgan fingerprint density at radius 2 is 1.93 bits per heavy atom. The van der Waals surface area contributed by atoms with Gasteiger partial charge in [-0.1, -0.05) is 19.9 Å². The van der Waals surface area contributed by atoms with Gasteiger partial charge >= 0.3 is 5.97 Å². The molecule has 0 amide bonds. The summed E-state index contributed by atoms with van der Waals surface area (Å²) in [6, 6.07) is 3.34. The number of nitrogen functional groups attached to an aromatic ring is 2. The predicted octanol–water partition coefficient (Wildman–Crippen LogP) is 1.67. The van der Waals surface area contributed by atoms with Gasteiger partial charge in [0.25, 0.3) is 0 Å². The summed E-state index contributed by atoms with van der Waals surface area (Å²) in [5.74, 6) is -0.914. The second kappa shape index (κ2) is 3.57. The summed E-state index contributed by atoms with van der Waals surface area (Å²) in [5, 5.41) is 8.98. The Bertz CT molecular complexity index is 373. The number of hydrogen-bond acceptors (Lipinski definition) is 3. The van der Waals surface area contributed by atoms with Gasteiger partial charge in [-0.15, -0.1) is 0 Å². The van der Waals surface area contributed by atoms with E-state index in [9.17, 15) is 4.79 Å². The van der Waals surface area contributed by atoms with Crippen molar-refractivity contribution in [1.82, 2.24) is 0 Å². The molecule has 0 aliphatic heterocycles. The molecule has 76 valence electrons. The Morgan fingerprint density at radius 1 is 1.36 bits per heavy atom. The van der Waals surface area contributed by atoms with Gasteiger partial charge in [-0.3, -0.25) is 0 Å². The number of anilines is 2. The van der Waals surface area contributed by atoms with Crippen molar-refractivity contribution in [2.75, 3.05) is 11.5 Å². The highest BCUT2D eigenvalue weighted by molar-refractivity contribution is 5.98. The Hall–Kier alpha value is -1.71. The molecule has 0 saturated carbocycles. The molecule has 1 aromatic carbocycles. The van der Waals surface area contributed by atoms with Gasteiger partial charge in [0.1, 0.15) is 0 Å². The lowest BCUT2D eigenvalue weighted by atomic mass is 9.95. The average molecular weight is 194 g/mol. The monoisotopic (exact) mass is 194 g/mol. The van der Waals surface area contributed by atoms with Crippen molar-refractivity contribution in [3.05, 3.63) is 23.3 Å². The van der Waals surface area contributed by atoms with E-state index < -0.39 is 5.97 Å². The molecule has 0 bridgehead atoms. The third-order valence-corrected chi connectivity index (χ3v) is 2.15. The number of benzene rings is 1. The minimum atomic E-state index is -1.03. The van der Waals surface area contributed by atoms with E-state index >= 15 is 0 Å². The molecule has 5 N–H and O–H groups in total. The van der Waals surface area contributed by atoms with Gasteiger partial charge in [0.15, 0.2) is 0 Å². The van der Waals surface area contributed by atoms with Crippen LogP contribution in [-0.4, -0.2) is 11.1 Å². The Morgan fingerprint density at radius 3 is 2.36 bits per heavy atom. The van der Waals surface area contributed by atoms with E-state index in [2.05, 4.69) is 0 Å². The van der Waals surface area contributed by atoms with Crippen LogP contribution >= 0.6 is 0 Å². The summed E-state index contributed by atoms with van der Waals surface area (Å²) in [6.07, 6.45) is 0. The topological polar surface area (TPSA) is 89.3 Å². The van der Waals surface area contributed by atoms with Gasteiger partial charge in [0, 0.05) is 0 Å². The normalized spacial score (nSPS) is 10.5. The first kappa shape index (κ1) is 10.4. The molecule has 0 heterocycles. The second-order valence-corrected chi connectivity index (χ2v) is 3.49. The molecular weight excluding hydrogens is 180 g/mol. The van der Waals surface area contributed by atoms with E-state index in [1.807, 2.05) is 13.8 Å². The van der Waals surface area contributed by atoms with Crippen LogP contribution in [0.25, 0.3) is 0 Å². The van der Waals surface area contributed by atoms with Gasteiger partial charge in [0.2, 0.25) is 0 Å². The molecule has 0 aliphatic carbocycles. The number of rotatable bonds is 2. The fraction of sp³-hybridized carbons (Fsp3) is 0.300.